The molecule has 0 saturated carbocycles. The number of hydrogen-bond donors (Lipinski definition) is 4. The van der Waals surface area contributed by atoms with E-state index in [0.29, 0.717) is 6.42 Å². The summed E-state index contributed by atoms with van der Waals surface area (Å²) in [7, 11) is 0. The quantitative estimate of drug-likeness (QED) is 0.462. The van der Waals surface area contributed by atoms with Gasteiger partial charge in [0.2, 0.25) is 5.78 Å². The second-order valence-electron chi connectivity index (χ2n) is 7.24. The molecule has 9 heteroatoms. The molecule has 2 unspecified atom stereocenters. The Kier molecular flexibility index (Phi) is 4.62. The van der Waals surface area contributed by atoms with E-state index in [0.717, 1.165) is 18.2 Å². The topological polar surface area (TPSA) is 151 Å². The molecule has 156 valence electrons. The van der Waals surface area contributed by atoms with E-state index in [2.05, 4.69) is 0 Å². The molecular formula is C21H18O9. The van der Waals surface area contributed by atoms with Gasteiger partial charge >= 0.3 is 5.97 Å². The zero-order chi connectivity index (χ0) is 21.7. The van der Waals surface area contributed by atoms with Crippen LogP contribution in [0, 0.1) is 0 Å². The average molecular weight is 414 g/mol. The van der Waals surface area contributed by atoms with Crippen LogP contribution in [0.1, 0.15) is 63.3 Å². The number of aromatic hydroxyl groups is 4. The fourth-order valence-corrected chi connectivity index (χ4v) is 4.01. The first-order chi connectivity index (χ1) is 14.2. The minimum absolute atomic E-state index is 0.103. The lowest BCUT2D eigenvalue weighted by Crippen LogP contribution is -2.28. The lowest BCUT2D eigenvalue weighted by atomic mass is 9.80. The molecule has 1 aliphatic heterocycles. The van der Waals surface area contributed by atoms with Gasteiger partial charge in [0.05, 0.1) is 29.4 Å². The lowest BCUT2D eigenvalue weighted by molar-refractivity contribution is -0.153. The first-order valence-corrected chi connectivity index (χ1v) is 9.22. The fraction of sp³-hybridized carbons (Fsp3) is 0.286. The summed E-state index contributed by atoms with van der Waals surface area (Å²) in [6, 6.07) is 3.00. The number of ketones is 2. The van der Waals surface area contributed by atoms with Gasteiger partial charge in [-0.25, -0.2) is 0 Å². The molecule has 0 bridgehead atoms. The number of phenols is 4. The van der Waals surface area contributed by atoms with Crippen LogP contribution < -0.4 is 0 Å². The van der Waals surface area contributed by atoms with Gasteiger partial charge in [0.1, 0.15) is 29.1 Å². The zero-order valence-corrected chi connectivity index (χ0v) is 15.8. The molecule has 0 radical (unpaired) electrons. The third-order valence-corrected chi connectivity index (χ3v) is 5.25. The van der Waals surface area contributed by atoms with Gasteiger partial charge in [0.25, 0.3) is 0 Å². The molecular weight excluding hydrogens is 396 g/mol. The van der Waals surface area contributed by atoms with Crippen LogP contribution in [-0.2, 0) is 14.3 Å². The smallest absolute Gasteiger partial charge is 0.302 e. The van der Waals surface area contributed by atoms with Crippen molar-refractivity contribution in [2.45, 2.75) is 32.0 Å². The van der Waals surface area contributed by atoms with Crippen LogP contribution in [0.15, 0.2) is 18.2 Å². The summed E-state index contributed by atoms with van der Waals surface area (Å²) in [6.45, 7) is 1.46. The minimum Gasteiger partial charge on any atom is -0.508 e. The number of carbonyl (C=O) groups is 3. The third-order valence-electron chi connectivity index (χ3n) is 5.25. The van der Waals surface area contributed by atoms with Crippen LogP contribution in [0.25, 0.3) is 0 Å². The number of esters is 1. The molecule has 4 N–H and O–H groups in total. The first-order valence-electron chi connectivity index (χ1n) is 9.22. The summed E-state index contributed by atoms with van der Waals surface area (Å²) in [5.74, 6) is -4.17. The number of fused-ring (bicyclic) bond motifs is 2. The molecule has 0 spiro atoms. The Hall–Kier alpha value is -3.59. The minimum atomic E-state index is -0.883. The zero-order valence-electron chi connectivity index (χ0n) is 15.8. The van der Waals surface area contributed by atoms with Crippen molar-refractivity contribution in [2.24, 2.45) is 0 Å². The van der Waals surface area contributed by atoms with E-state index in [9.17, 15) is 34.8 Å². The maximum atomic E-state index is 13.0. The van der Waals surface area contributed by atoms with Gasteiger partial charge in [-0.15, -0.1) is 0 Å². The molecule has 30 heavy (non-hydrogen) atoms. The second-order valence-corrected chi connectivity index (χ2v) is 7.24. The van der Waals surface area contributed by atoms with Crippen LogP contribution in [-0.4, -0.2) is 50.7 Å². The summed E-state index contributed by atoms with van der Waals surface area (Å²) in [6.07, 6.45) is -0.811. The number of benzene rings is 2. The Labute approximate surface area is 170 Å². The van der Waals surface area contributed by atoms with Crippen molar-refractivity contribution in [3.05, 3.63) is 46.0 Å². The average Bonchev–Trinajstić information content (AvgIpc) is 2.65. The summed E-state index contributed by atoms with van der Waals surface area (Å²) in [5, 5.41) is 41.1. The summed E-state index contributed by atoms with van der Waals surface area (Å²) < 4.78 is 10.8. The summed E-state index contributed by atoms with van der Waals surface area (Å²) in [5.41, 5.74) is -1.32. The maximum absolute atomic E-state index is 13.0. The molecule has 2 aliphatic rings. The Balaban J connectivity index is 1.82. The lowest BCUT2D eigenvalue weighted by Gasteiger charge is -2.31. The van der Waals surface area contributed by atoms with Crippen molar-refractivity contribution < 1.29 is 44.3 Å². The fourth-order valence-electron chi connectivity index (χ4n) is 4.01. The summed E-state index contributed by atoms with van der Waals surface area (Å²) in [4.78, 5) is 37.1. The van der Waals surface area contributed by atoms with E-state index in [1.165, 1.54) is 6.92 Å². The largest absolute Gasteiger partial charge is 0.508 e. The standard InChI is InChI=1S/C21H18O9/c1-8(22)30-10-2-3-29-15(6-10)18-14(25)7-12-17(21(18)28)20(27)16-11(19(12)26)4-9(23)5-13(16)24/h4-5,7,10,15,23-25,28H,2-3,6H2,1H3. The highest BCUT2D eigenvalue weighted by Crippen LogP contribution is 2.47. The molecule has 2 aromatic rings. The molecule has 2 atom stereocenters. The van der Waals surface area contributed by atoms with Crippen molar-refractivity contribution >= 4 is 17.5 Å². The van der Waals surface area contributed by atoms with Crippen LogP contribution in [0.2, 0.25) is 0 Å². The summed E-state index contributed by atoms with van der Waals surface area (Å²) >= 11 is 0. The molecule has 1 heterocycles. The predicted octanol–water partition coefficient (Wildman–Crippen LogP) is 2.07. The normalized spacial score (nSPS) is 20.4. The van der Waals surface area contributed by atoms with Crippen molar-refractivity contribution in [2.75, 3.05) is 6.61 Å². The highest BCUT2D eigenvalue weighted by molar-refractivity contribution is 6.30. The highest BCUT2D eigenvalue weighted by atomic mass is 16.6. The van der Waals surface area contributed by atoms with E-state index in [-0.39, 0.29) is 40.8 Å². The van der Waals surface area contributed by atoms with E-state index >= 15 is 0 Å². The number of carbonyl (C=O) groups excluding carboxylic acids is 3. The molecule has 0 aromatic heterocycles. The van der Waals surface area contributed by atoms with Crippen molar-refractivity contribution in [3.63, 3.8) is 0 Å². The molecule has 9 nitrogen and oxygen atoms in total. The van der Waals surface area contributed by atoms with Crippen molar-refractivity contribution in [3.8, 4) is 23.0 Å². The van der Waals surface area contributed by atoms with Crippen LogP contribution >= 0.6 is 0 Å². The number of ether oxygens (including phenoxy) is 2. The Bertz CT molecular complexity index is 1100. The number of rotatable bonds is 2. The first kappa shape index (κ1) is 19.7. The van der Waals surface area contributed by atoms with E-state index < -0.39 is 52.7 Å². The number of phenolic OH excluding ortho intramolecular Hbond substituents is 4. The molecule has 0 amide bonds. The second kappa shape index (κ2) is 7.03. The van der Waals surface area contributed by atoms with Crippen molar-refractivity contribution in [1.82, 2.24) is 0 Å². The monoisotopic (exact) mass is 414 g/mol. The molecule has 1 fully saturated rings. The SMILES string of the molecule is CC(=O)OC1CCOC(c2c(O)cc3c(c2O)C(=O)c2c(O)cc(O)cc2C3=O)C1. The maximum Gasteiger partial charge on any atom is 0.302 e. The van der Waals surface area contributed by atoms with Gasteiger partial charge in [0, 0.05) is 37.0 Å². The molecule has 1 aliphatic carbocycles. The predicted molar refractivity (Wildman–Crippen MR) is 99.9 cm³/mol. The molecule has 4 rings (SSSR count). The van der Waals surface area contributed by atoms with E-state index in [1.807, 2.05) is 0 Å². The Morgan fingerprint density at radius 3 is 2.40 bits per heavy atom. The number of hydrogen-bond acceptors (Lipinski definition) is 9. The van der Waals surface area contributed by atoms with Crippen molar-refractivity contribution in [1.29, 1.82) is 0 Å². The Morgan fingerprint density at radius 1 is 1.00 bits per heavy atom. The molecule has 2 aromatic carbocycles. The van der Waals surface area contributed by atoms with E-state index in [1.54, 1.807) is 0 Å². The van der Waals surface area contributed by atoms with Gasteiger partial charge < -0.3 is 29.9 Å². The van der Waals surface area contributed by atoms with Gasteiger partial charge in [-0.2, -0.15) is 0 Å². The van der Waals surface area contributed by atoms with Crippen LogP contribution in [0.3, 0.4) is 0 Å². The third kappa shape index (κ3) is 3.03. The van der Waals surface area contributed by atoms with Gasteiger partial charge in [-0.3, -0.25) is 14.4 Å². The van der Waals surface area contributed by atoms with Crippen LogP contribution in [0.4, 0.5) is 0 Å². The van der Waals surface area contributed by atoms with Gasteiger partial charge in [0.15, 0.2) is 5.78 Å². The highest BCUT2D eigenvalue weighted by Gasteiger charge is 2.39. The van der Waals surface area contributed by atoms with E-state index in [4.69, 9.17) is 9.47 Å². The molecule has 1 saturated heterocycles. The Morgan fingerprint density at radius 2 is 1.70 bits per heavy atom. The van der Waals surface area contributed by atoms with Crippen LogP contribution in [0.5, 0.6) is 23.0 Å². The van der Waals surface area contributed by atoms with Gasteiger partial charge in [-0.05, 0) is 12.1 Å². The van der Waals surface area contributed by atoms with Gasteiger partial charge in [-0.1, -0.05) is 0 Å².